The van der Waals surface area contributed by atoms with Gasteiger partial charge in [0, 0.05) is 47.4 Å². The Kier molecular flexibility index (Phi) is 5.75. The van der Waals surface area contributed by atoms with E-state index < -0.39 is 0 Å². The molecule has 1 amide bonds. The van der Waals surface area contributed by atoms with Gasteiger partial charge in [-0.05, 0) is 43.2 Å². The van der Waals surface area contributed by atoms with Crippen molar-refractivity contribution in [3.05, 3.63) is 77.7 Å². The fourth-order valence-electron chi connectivity index (χ4n) is 3.82. The molecule has 0 aliphatic carbocycles. The lowest BCUT2D eigenvalue weighted by Gasteiger charge is -2.12. The molecule has 1 saturated heterocycles. The third-order valence-corrected chi connectivity index (χ3v) is 5.70. The van der Waals surface area contributed by atoms with Crippen molar-refractivity contribution in [3.8, 4) is 11.3 Å². The van der Waals surface area contributed by atoms with E-state index in [-0.39, 0.29) is 12.0 Å². The summed E-state index contributed by atoms with van der Waals surface area (Å²) in [5, 5.41) is 7.07. The van der Waals surface area contributed by atoms with Gasteiger partial charge in [-0.2, -0.15) is 0 Å². The molecule has 1 fully saturated rings. The lowest BCUT2D eigenvalue weighted by atomic mass is 10.1. The quantitative estimate of drug-likeness (QED) is 0.447. The molecule has 162 valence electrons. The minimum Gasteiger partial charge on any atom is -0.376 e. The molecule has 4 aromatic rings. The molecule has 1 atom stereocenters. The number of rotatable bonds is 6. The summed E-state index contributed by atoms with van der Waals surface area (Å²) in [6.07, 6.45) is 7.40. The minimum atomic E-state index is -0.121. The smallest absolute Gasteiger partial charge is 0.251 e. The maximum absolute atomic E-state index is 12.7. The first-order valence-electron chi connectivity index (χ1n) is 10.5. The van der Waals surface area contributed by atoms with Crippen molar-refractivity contribution in [2.24, 2.45) is 0 Å². The summed E-state index contributed by atoms with van der Waals surface area (Å²) in [5.41, 5.74) is 3.76. The summed E-state index contributed by atoms with van der Waals surface area (Å²) in [6, 6.07) is 14.9. The van der Waals surface area contributed by atoms with E-state index in [9.17, 15) is 4.79 Å². The van der Waals surface area contributed by atoms with Crippen LogP contribution in [-0.2, 0) is 4.74 Å². The summed E-state index contributed by atoms with van der Waals surface area (Å²) >= 11 is 6.06. The zero-order valence-corrected chi connectivity index (χ0v) is 18.0. The molecule has 2 N–H and O–H groups in total. The Labute approximate surface area is 190 Å². The number of nitrogens with zero attached hydrogens (tertiary/aromatic N) is 3. The topological polar surface area (TPSA) is 80.5 Å². The van der Waals surface area contributed by atoms with E-state index in [0.717, 1.165) is 42.2 Å². The number of nitrogens with one attached hydrogen (secondary N) is 2. The monoisotopic (exact) mass is 447 g/mol. The number of fused-ring (bicyclic) bond motifs is 1. The Bertz CT molecular complexity index is 1250. The van der Waals surface area contributed by atoms with Gasteiger partial charge in [-0.25, -0.2) is 4.98 Å². The third-order valence-electron chi connectivity index (χ3n) is 5.45. The molecular weight excluding hydrogens is 426 g/mol. The Hall–Kier alpha value is -3.42. The Morgan fingerprint density at radius 1 is 1.22 bits per heavy atom. The van der Waals surface area contributed by atoms with Crippen LogP contribution in [0.5, 0.6) is 0 Å². The molecule has 2 aromatic heterocycles. The standard InChI is InChI=1S/C24H22ClN5O2/c25-18-8-6-16(7-9-18)22-23(30-11-10-26-15-21(30)29-22)28-19-4-1-3-17(13-19)24(31)27-14-20-5-2-12-32-20/h1,3-4,6-11,13,15,20,28H,2,5,12,14H2,(H,27,31). The van der Waals surface area contributed by atoms with E-state index in [0.29, 0.717) is 22.8 Å². The van der Waals surface area contributed by atoms with Crippen molar-refractivity contribution in [3.63, 3.8) is 0 Å². The SMILES string of the molecule is O=C(NCC1CCCO1)c1cccc(Nc2c(-c3ccc(Cl)cc3)nc3cnccn23)c1. The van der Waals surface area contributed by atoms with Gasteiger partial charge in [-0.1, -0.05) is 29.8 Å². The third kappa shape index (κ3) is 4.30. The van der Waals surface area contributed by atoms with Gasteiger partial charge in [-0.15, -0.1) is 0 Å². The molecule has 0 saturated carbocycles. The molecule has 3 heterocycles. The zero-order chi connectivity index (χ0) is 21.9. The first-order valence-corrected chi connectivity index (χ1v) is 10.9. The molecule has 8 heteroatoms. The molecule has 2 aromatic carbocycles. The van der Waals surface area contributed by atoms with Gasteiger partial charge in [0.25, 0.3) is 5.91 Å². The van der Waals surface area contributed by atoms with Crippen molar-refractivity contribution >= 4 is 34.7 Å². The molecule has 0 bridgehead atoms. The van der Waals surface area contributed by atoms with Gasteiger partial charge in [0.2, 0.25) is 0 Å². The first-order chi connectivity index (χ1) is 15.7. The van der Waals surface area contributed by atoms with Crippen LogP contribution in [0, 0.1) is 0 Å². The van der Waals surface area contributed by atoms with E-state index in [2.05, 4.69) is 15.6 Å². The van der Waals surface area contributed by atoms with Crippen molar-refractivity contribution in [1.29, 1.82) is 0 Å². The van der Waals surface area contributed by atoms with Crippen LogP contribution in [0.4, 0.5) is 11.5 Å². The number of aromatic nitrogens is 3. The molecule has 1 unspecified atom stereocenters. The summed E-state index contributed by atoms with van der Waals surface area (Å²) in [4.78, 5) is 21.6. The van der Waals surface area contributed by atoms with Crippen LogP contribution >= 0.6 is 11.6 Å². The van der Waals surface area contributed by atoms with Gasteiger partial charge in [0.1, 0.15) is 11.5 Å². The fraction of sp³-hybridized carbons (Fsp3) is 0.208. The lowest BCUT2D eigenvalue weighted by molar-refractivity contribution is 0.0858. The largest absolute Gasteiger partial charge is 0.376 e. The van der Waals surface area contributed by atoms with E-state index in [1.807, 2.05) is 53.1 Å². The second kappa shape index (κ2) is 8.98. The van der Waals surface area contributed by atoms with Crippen LogP contribution < -0.4 is 10.6 Å². The van der Waals surface area contributed by atoms with Crippen LogP contribution in [0.1, 0.15) is 23.2 Å². The Balaban J connectivity index is 1.43. The number of benzene rings is 2. The van der Waals surface area contributed by atoms with E-state index >= 15 is 0 Å². The van der Waals surface area contributed by atoms with Crippen molar-refractivity contribution < 1.29 is 9.53 Å². The van der Waals surface area contributed by atoms with Gasteiger partial charge in [0.05, 0.1) is 12.3 Å². The number of halogens is 1. The van der Waals surface area contributed by atoms with Crippen LogP contribution in [-0.4, -0.2) is 39.5 Å². The number of hydrogen-bond donors (Lipinski definition) is 2. The maximum atomic E-state index is 12.7. The summed E-state index contributed by atoms with van der Waals surface area (Å²) in [6.45, 7) is 1.29. The van der Waals surface area contributed by atoms with Crippen molar-refractivity contribution in [2.45, 2.75) is 18.9 Å². The molecule has 32 heavy (non-hydrogen) atoms. The molecule has 0 spiro atoms. The van der Waals surface area contributed by atoms with Gasteiger partial charge < -0.3 is 15.4 Å². The summed E-state index contributed by atoms with van der Waals surface area (Å²) in [5.74, 6) is 0.658. The van der Waals surface area contributed by atoms with Gasteiger partial charge in [-0.3, -0.25) is 14.2 Å². The van der Waals surface area contributed by atoms with Crippen LogP contribution in [0.3, 0.4) is 0 Å². The highest BCUT2D eigenvalue weighted by atomic mass is 35.5. The van der Waals surface area contributed by atoms with E-state index in [1.165, 1.54) is 0 Å². The molecule has 0 radical (unpaired) electrons. The van der Waals surface area contributed by atoms with Crippen LogP contribution in [0.2, 0.25) is 5.02 Å². The predicted octanol–water partition coefficient (Wildman–Crippen LogP) is 4.70. The van der Waals surface area contributed by atoms with Crippen LogP contribution in [0.15, 0.2) is 67.1 Å². The van der Waals surface area contributed by atoms with Gasteiger partial charge >= 0.3 is 0 Å². The van der Waals surface area contributed by atoms with Gasteiger partial charge in [0.15, 0.2) is 5.65 Å². The number of carbonyl (C=O) groups is 1. The van der Waals surface area contributed by atoms with Crippen molar-refractivity contribution in [1.82, 2.24) is 19.7 Å². The van der Waals surface area contributed by atoms with E-state index in [4.69, 9.17) is 21.3 Å². The number of anilines is 2. The van der Waals surface area contributed by atoms with E-state index in [1.54, 1.807) is 18.5 Å². The number of carbonyl (C=O) groups excluding carboxylic acids is 1. The summed E-state index contributed by atoms with van der Waals surface area (Å²) in [7, 11) is 0. The number of hydrogen-bond acceptors (Lipinski definition) is 5. The van der Waals surface area contributed by atoms with Crippen molar-refractivity contribution in [2.75, 3.05) is 18.5 Å². The molecular formula is C24H22ClN5O2. The Morgan fingerprint density at radius 2 is 2.09 bits per heavy atom. The molecule has 1 aliphatic rings. The summed E-state index contributed by atoms with van der Waals surface area (Å²) < 4.78 is 7.52. The number of ether oxygens (including phenoxy) is 1. The predicted molar refractivity (Wildman–Crippen MR) is 124 cm³/mol. The molecule has 7 nitrogen and oxygen atoms in total. The zero-order valence-electron chi connectivity index (χ0n) is 17.3. The molecule has 5 rings (SSSR count). The second-order valence-electron chi connectivity index (χ2n) is 7.67. The highest BCUT2D eigenvalue weighted by Gasteiger charge is 2.18. The minimum absolute atomic E-state index is 0.106. The second-order valence-corrected chi connectivity index (χ2v) is 8.11. The first kappa shape index (κ1) is 20.5. The highest BCUT2D eigenvalue weighted by molar-refractivity contribution is 6.30. The average molecular weight is 448 g/mol. The fourth-order valence-corrected chi connectivity index (χ4v) is 3.95. The normalized spacial score (nSPS) is 15.7. The average Bonchev–Trinajstić information content (AvgIpc) is 3.47. The molecule has 1 aliphatic heterocycles. The highest BCUT2D eigenvalue weighted by Crippen LogP contribution is 2.31. The Morgan fingerprint density at radius 3 is 2.91 bits per heavy atom. The lowest BCUT2D eigenvalue weighted by Crippen LogP contribution is -2.31. The maximum Gasteiger partial charge on any atom is 0.251 e. The van der Waals surface area contributed by atoms with Crippen LogP contribution in [0.25, 0.3) is 16.9 Å². The number of imidazole rings is 1. The number of amides is 1.